The zero-order valence-electron chi connectivity index (χ0n) is 6.67. The Bertz CT molecular complexity index is 276. The zero-order valence-corrected chi connectivity index (χ0v) is 8.26. The average molecular weight is 233 g/mol. The van der Waals surface area contributed by atoms with E-state index in [9.17, 15) is 0 Å². The molecule has 0 spiro atoms. The zero-order chi connectivity index (χ0) is 8.60. The Kier molecular flexibility index (Phi) is 1.98. The molecule has 1 aromatic rings. The van der Waals surface area contributed by atoms with Gasteiger partial charge in [-0.05, 0) is 28.9 Å². The normalized spacial score (nSPS) is 21.5. The molecule has 1 aromatic heterocycles. The molecule has 1 fully saturated rings. The summed E-state index contributed by atoms with van der Waals surface area (Å²) in [5.41, 5.74) is 0. The lowest BCUT2D eigenvalue weighted by Gasteiger charge is -2.18. The van der Waals surface area contributed by atoms with Crippen molar-refractivity contribution in [1.29, 1.82) is 0 Å². The molecule has 1 aliphatic rings. The predicted octanol–water partition coefficient (Wildman–Crippen LogP) is 2.26. The van der Waals surface area contributed by atoms with Crippen LogP contribution in [0.15, 0.2) is 21.2 Å². The molecule has 3 nitrogen and oxygen atoms in total. The third kappa shape index (κ3) is 1.30. The van der Waals surface area contributed by atoms with Crippen molar-refractivity contribution >= 4 is 15.9 Å². The van der Waals surface area contributed by atoms with E-state index in [0.29, 0.717) is 19.0 Å². The average Bonchev–Trinajstić information content (AvgIpc) is 2.59. The molecule has 0 bridgehead atoms. The van der Waals surface area contributed by atoms with Crippen molar-refractivity contribution in [1.82, 2.24) is 0 Å². The fourth-order valence-corrected chi connectivity index (χ4v) is 1.51. The van der Waals surface area contributed by atoms with Gasteiger partial charge in [0.05, 0.1) is 17.7 Å². The SMILES string of the molecule is CC1(c2cc(Br)co2)OCCO1. The van der Waals surface area contributed by atoms with Crippen LogP contribution in [-0.2, 0) is 15.3 Å². The molecule has 0 N–H and O–H groups in total. The Balaban J connectivity index is 2.28. The molecule has 12 heavy (non-hydrogen) atoms. The predicted molar refractivity (Wildman–Crippen MR) is 45.7 cm³/mol. The van der Waals surface area contributed by atoms with Gasteiger partial charge in [0, 0.05) is 0 Å². The molecule has 0 saturated carbocycles. The van der Waals surface area contributed by atoms with Gasteiger partial charge < -0.3 is 13.9 Å². The van der Waals surface area contributed by atoms with E-state index in [-0.39, 0.29) is 0 Å². The second kappa shape index (κ2) is 2.87. The Morgan fingerprint density at radius 2 is 2.08 bits per heavy atom. The first kappa shape index (κ1) is 8.29. The molecule has 1 saturated heterocycles. The summed E-state index contributed by atoms with van der Waals surface area (Å²) in [6, 6.07) is 1.85. The van der Waals surface area contributed by atoms with Gasteiger partial charge in [0.2, 0.25) is 5.79 Å². The van der Waals surface area contributed by atoms with Crippen molar-refractivity contribution in [3.8, 4) is 0 Å². The quantitative estimate of drug-likeness (QED) is 0.745. The summed E-state index contributed by atoms with van der Waals surface area (Å²) in [6.45, 7) is 3.09. The fourth-order valence-electron chi connectivity index (χ4n) is 1.21. The molecule has 0 aliphatic carbocycles. The second-order valence-electron chi connectivity index (χ2n) is 2.77. The maximum atomic E-state index is 5.40. The molecule has 0 amide bonds. The lowest BCUT2D eigenvalue weighted by atomic mass is 10.2. The summed E-state index contributed by atoms with van der Waals surface area (Å²) >= 11 is 3.30. The number of hydrogen-bond donors (Lipinski definition) is 0. The Hall–Kier alpha value is -0.320. The van der Waals surface area contributed by atoms with Gasteiger partial charge in [-0.3, -0.25) is 0 Å². The highest BCUT2D eigenvalue weighted by molar-refractivity contribution is 9.10. The number of rotatable bonds is 1. The van der Waals surface area contributed by atoms with E-state index in [0.717, 1.165) is 4.47 Å². The molecule has 66 valence electrons. The highest BCUT2D eigenvalue weighted by Gasteiger charge is 2.36. The standard InChI is InChI=1S/C8H9BrO3/c1-8(11-2-3-12-8)7-4-6(9)5-10-7/h4-5H,2-3H2,1H3. The second-order valence-corrected chi connectivity index (χ2v) is 3.69. The smallest absolute Gasteiger partial charge is 0.225 e. The summed E-state index contributed by atoms with van der Waals surface area (Å²) in [4.78, 5) is 0. The van der Waals surface area contributed by atoms with Gasteiger partial charge in [0.1, 0.15) is 6.26 Å². The molecular formula is C8H9BrO3. The van der Waals surface area contributed by atoms with Crippen LogP contribution in [0.3, 0.4) is 0 Å². The van der Waals surface area contributed by atoms with E-state index in [4.69, 9.17) is 13.9 Å². The maximum absolute atomic E-state index is 5.40. The minimum Gasteiger partial charge on any atom is -0.462 e. The number of halogens is 1. The minimum atomic E-state index is -0.688. The highest BCUT2D eigenvalue weighted by Crippen LogP contribution is 2.32. The van der Waals surface area contributed by atoms with Crippen LogP contribution in [0.4, 0.5) is 0 Å². The molecule has 1 aliphatic heterocycles. The first-order valence-electron chi connectivity index (χ1n) is 3.73. The van der Waals surface area contributed by atoms with E-state index in [2.05, 4.69) is 15.9 Å². The van der Waals surface area contributed by atoms with Gasteiger partial charge >= 0.3 is 0 Å². The Morgan fingerprint density at radius 3 is 2.58 bits per heavy atom. The summed E-state index contributed by atoms with van der Waals surface area (Å²) in [7, 11) is 0. The fraction of sp³-hybridized carbons (Fsp3) is 0.500. The molecule has 4 heteroatoms. The lowest BCUT2D eigenvalue weighted by molar-refractivity contribution is -0.162. The van der Waals surface area contributed by atoms with E-state index < -0.39 is 5.79 Å². The third-order valence-electron chi connectivity index (χ3n) is 1.85. The van der Waals surface area contributed by atoms with Crippen molar-refractivity contribution in [2.45, 2.75) is 12.7 Å². The largest absolute Gasteiger partial charge is 0.462 e. The van der Waals surface area contributed by atoms with Crippen molar-refractivity contribution < 1.29 is 13.9 Å². The molecule has 0 unspecified atom stereocenters. The molecule has 0 atom stereocenters. The van der Waals surface area contributed by atoms with Gasteiger partial charge in [0.25, 0.3) is 0 Å². The van der Waals surface area contributed by atoms with Crippen LogP contribution in [0.2, 0.25) is 0 Å². The van der Waals surface area contributed by atoms with Crippen LogP contribution in [0.25, 0.3) is 0 Å². The molecule has 0 radical (unpaired) electrons. The molecule has 2 rings (SSSR count). The molecular weight excluding hydrogens is 224 g/mol. The van der Waals surface area contributed by atoms with Gasteiger partial charge in [-0.2, -0.15) is 0 Å². The summed E-state index contributed by atoms with van der Waals surface area (Å²) in [5, 5.41) is 0. The van der Waals surface area contributed by atoms with Crippen LogP contribution in [0, 0.1) is 0 Å². The third-order valence-corrected chi connectivity index (χ3v) is 2.27. The maximum Gasteiger partial charge on any atom is 0.225 e. The van der Waals surface area contributed by atoms with Gasteiger partial charge in [-0.25, -0.2) is 0 Å². The van der Waals surface area contributed by atoms with Gasteiger partial charge in [0.15, 0.2) is 5.76 Å². The van der Waals surface area contributed by atoms with Crippen LogP contribution in [-0.4, -0.2) is 13.2 Å². The number of ether oxygens (including phenoxy) is 2. The van der Waals surface area contributed by atoms with E-state index in [1.54, 1.807) is 6.26 Å². The van der Waals surface area contributed by atoms with E-state index >= 15 is 0 Å². The van der Waals surface area contributed by atoms with Crippen LogP contribution >= 0.6 is 15.9 Å². The molecule has 0 aromatic carbocycles. The first-order chi connectivity index (χ1) is 5.71. The van der Waals surface area contributed by atoms with Gasteiger partial charge in [-0.1, -0.05) is 0 Å². The van der Waals surface area contributed by atoms with Gasteiger partial charge in [-0.15, -0.1) is 0 Å². The van der Waals surface area contributed by atoms with Crippen LogP contribution in [0.1, 0.15) is 12.7 Å². The topological polar surface area (TPSA) is 31.6 Å². The van der Waals surface area contributed by atoms with Crippen molar-refractivity contribution in [2.24, 2.45) is 0 Å². The summed E-state index contributed by atoms with van der Waals surface area (Å²) in [5.74, 6) is 0.0123. The van der Waals surface area contributed by atoms with Crippen molar-refractivity contribution in [3.05, 3.63) is 22.6 Å². The van der Waals surface area contributed by atoms with E-state index in [1.807, 2.05) is 13.0 Å². The minimum absolute atomic E-state index is 0.620. The van der Waals surface area contributed by atoms with Crippen molar-refractivity contribution in [3.63, 3.8) is 0 Å². The summed E-state index contributed by atoms with van der Waals surface area (Å²) in [6.07, 6.45) is 1.62. The monoisotopic (exact) mass is 232 g/mol. The Morgan fingerprint density at radius 1 is 1.42 bits per heavy atom. The van der Waals surface area contributed by atoms with E-state index in [1.165, 1.54) is 0 Å². The number of furan rings is 1. The Labute approximate surface area is 78.8 Å². The summed E-state index contributed by atoms with van der Waals surface area (Å²) < 4.78 is 17.0. The lowest BCUT2D eigenvalue weighted by Crippen LogP contribution is -2.21. The number of hydrogen-bond acceptors (Lipinski definition) is 3. The highest BCUT2D eigenvalue weighted by atomic mass is 79.9. The van der Waals surface area contributed by atoms with Crippen LogP contribution < -0.4 is 0 Å². The van der Waals surface area contributed by atoms with Crippen LogP contribution in [0.5, 0.6) is 0 Å². The molecule has 2 heterocycles. The first-order valence-corrected chi connectivity index (χ1v) is 4.52. The van der Waals surface area contributed by atoms with Crippen molar-refractivity contribution in [2.75, 3.05) is 13.2 Å².